The van der Waals surface area contributed by atoms with Gasteiger partial charge >= 0.3 is 0 Å². The highest BCUT2D eigenvalue weighted by Gasteiger charge is 2.49. The van der Waals surface area contributed by atoms with E-state index in [9.17, 15) is 0 Å². The summed E-state index contributed by atoms with van der Waals surface area (Å²) in [6, 6.07) is 2.08. The van der Waals surface area contributed by atoms with Crippen molar-refractivity contribution < 1.29 is 0 Å². The Labute approximate surface area is 55.0 Å². The van der Waals surface area contributed by atoms with Gasteiger partial charge in [-0.1, -0.05) is 12.2 Å². The SMILES string of the molecule is C/C=C/[C@H]1C[C@@]1(N)C#N. The Balaban J connectivity index is 2.51. The third kappa shape index (κ3) is 0.962. The number of hydrogen-bond donors (Lipinski definition) is 1. The van der Waals surface area contributed by atoms with E-state index in [2.05, 4.69) is 6.07 Å². The molecule has 1 aliphatic rings. The van der Waals surface area contributed by atoms with Crippen LogP contribution in [0, 0.1) is 17.2 Å². The van der Waals surface area contributed by atoms with Gasteiger partial charge in [-0.25, -0.2) is 0 Å². The number of nitrogens with two attached hydrogens (primary N) is 1. The number of allylic oxidation sites excluding steroid dienone is 1. The Hall–Kier alpha value is -0.810. The molecule has 0 saturated heterocycles. The van der Waals surface area contributed by atoms with Gasteiger partial charge in [-0.2, -0.15) is 5.26 Å². The molecule has 1 fully saturated rings. The average Bonchev–Trinajstić information content (AvgIpc) is 2.46. The number of hydrogen-bond acceptors (Lipinski definition) is 2. The van der Waals surface area contributed by atoms with Crippen LogP contribution in [0.1, 0.15) is 13.3 Å². The molecule has 48 valence electrons. The zero-order valence-electron chi connectivity index (χ0n) is 5.46. The molecular weight excluding hydrogens is 112 g/mol. The highest BCUT2D eigenvalue weighted by Crippen LogP contribution is 2.41. The van der Waals surface area contributed by atoms with Crippen LogP contribution in [0.15, 0.2) is 12.2 Å². The zero-order chi connectivity index (χ0) is 6.91. The van der Waals surface area contributed by atoms with Crippen LogP contribution in [-0.4, -0.2) is 5.54 Å². The lowest BCUT2D eigenvalue weighted by Gasteiger charge is -1.91. The molecule has 1 rings (SSSR count). The number of nitriles is 1. The summed E-state index contributed by atoms with van der Waals surface area (Å²) in [6.45, 7) is 1.94. The van der Waals surface area contributed by atoms with Crippen molar-refractivity contribution in [2.24, 2.45) is 11.7 Å². The Morgan fingerprint density at radius 2 is 2.56 bits per heavy atom. The highest BCUT2D eigenvalue weighted by molar-refractivity contribution is 5.27. The van der Waals surface area contributed by atoms with Crippen molar-refractivity contribution in [3.8, 4) is 6.07 Å². The van der Waals surface area contributed by atoms with Crippen molar-refractivity contribution in [1.82, 2.24) is 0 Å². The predicted octanol–water partition coefficient (Wildman–Crippen LogP) is 0.803. The molecule has 2 atom stereocenters. The first-order valence-corrected chi connectivity index (χ1v) is 3.06. The quantitative estimate of drug-likeness (QED) is 0.523. The fourth-order valence-electron chi connectivity index (χ4n) is 0.906. The maximum absolute atomic E-state index is 8.45. The van der Waals surface area contributed by atoms with E-state index in [1.165, 1.54) is 0 Å². The van der Waals surface area contributed by atoms with Gasteiger partial charge < -0.3 is 5.73 Å². The van der Waals surface area contributed by atoms with Gasteiger partial charge in [0.05, 0.1) is 6.07 Å². The molecule has 2 N–H and O–H groups in total. The molecule has 1 aliphatic carbocycles. The van der Waals surface area contributed by atoms with Gasteiger partial charge in [0.2, 0.25) is 0 Å². The summed E-state index contributed by atoms with van der Waals surface area (Å²) >= 11 is 0. The van der Waals surface area contributed by atoms with E-state index in [1.807, 2.05) is 19.1 Å². The Morgan fingerprint density at radius 3 is 2.89 bits per heavy atom. The summed E-state index contributed by atoms with van der Waals surface area (Å²) in [5.41, 5.74) is 5.04. The second kappa shape index (κ2) is 1.85. The van der Waals surface area contributed by atoms with Crippen LogP contribution >= 0.6 is 0 Å². The van der Waals surface area contributed by atoms with Gasteiger partial charge in [0.1, 0.15) is 5.54 Å². The van der Waals surface area contributed by atoms with Gasteiger partial charge in [-0.05, 0) is 13.3 Å². The molecule has 0 unspecified atom stereocenters. The Kier molecular flexibility index (Phi) is 1.30. The maximum Gasteiger partial charge on any atom is 0.111 e. The molecule has 0 aromatic rings. The first-order chi connectivity index (χ1) is 4.23. The van der Waals surface area contributed by atoms with Gasteiger partial charge in [0, 0.05) is 5.92 Å². The summed E-state index contributed by atoms with van der Waals surface area (Å²) in [5, 5.41) is 8.45. The van der Waals surface area contributed by atoms with E-state index in [0.29, 0.717) is 5.92 Å². The smallest absolute Gasteiger partial charge is 0.111 e. The molecule has 0 heterocycles. The molecule has 0 amide bonds. The molecule has 0 spiro atoms. The minimum absolute atomic E-state index is 0.312. The average molecular weight is 122 g/mol. The monoisotopic (exact) mass is 122 g/mol. The standard InChI is InChI=1S/C7H10N2/c1-2-3-6-4-7(6,9)5-8/h2-3,6H,4,9H2,1H3/b3-2+/t6-,7+/m0/s1. The summed E-state index contributed by atoms with van der Waals surface area (Å²) in [5.74, 6) is 0.312. The molecule has 0 aliphatic heterocycles. The number of nitrogens with zero attached hydrogens (tertiary/aromatic N) is 1. The molecule has 1 saturated carbocycles. The Morgan fingerprint density at radius 1 is 1.89 bits per heavy atom. The van der Waals surface area contributed by atoms with Gasteiger partial charge in [0.25, 0.3) is 0 Å². The van der Waals surface area contributed by atoms with Crippen LogP contribution in [-0.2, 0) is 0 Å². The second-order valence-electron chi connectivity index (χ2n) is 2.49. The lowest BCUT2D eigenvalue weighted by molar-refractivity contribution is 0.814. The molecule has 2 heteroatoms. The lowest BCUT2D eigenvalue weighted by atomic mass is 10.2. The zero-order valence-corrected chi connectivity index (χ0v) is 5.46. The number of rotatable bonds is 1. The molecule has 0 aromatic carbocycles. The van der Waals surface area contributed by atoms with Crippen molar-refractivity contribution in [3.05, 3.63) is 12.2 Å². The van der Waals surface area contributed by atoms with Crippen LogP contribution in [0.5, 0.6) is 0 Å². The maximum atomic E-state index is 8.45. The normalized spacial score (nSPS) is 40.8. The summed E-state index contributed by atoms with van der Waals surface area (Å²) in [4.78, 5) is 0. The van der Waals surface area contributed by atoms with Crippen molar-refractivity contribution in [2.45, 2.75) is 18.9 Å². The highest BCUT2D eigenvalue weighted by atomic mass is 14.8. The van der Waals surface area contributed by atoms with Crippen LogP contribution in [0.25, 0.3) is 0 Å². The first-order valence-electron chi connectivity index (χ1n) is 3.06. The minimum Gasteiger partial charge on any atom is -0.313 e. The molecule has 0 bridgehead atoms. The van der Waals surface area contributed by atoms with Gasteiger partial charge in [-0.15, -0.1) is 0 Å². The Bertz CT molecular complexity index is 178. The first kappa shape index (κ1) is 6.31. The van der Waals surface area contributed by atoms with E-state index in [1.54, 1.807) is 0 Å². The summed E-state index contributed by atoms with van der Waals surface area (Å²) in [7, 11) is 0. The topological polar surface area (TPSA) is 49.8 Å². The predicted molar refractivity (Wildman–Crippen MR) is 35.5 cm³/mol. The largest absolute Gasteiger partial charge is 0.313 e. The van der Waals surface area contributed by atoms with E-state index in [4.69, 9.17) is 11.0 Å². The van der Waals surface area contributed by atoms with Crippen LogP contribution in [0.2, 0.25) is 0 Å². The van der Waals surface area contributed by atoms with E-state index in [0.717, 1.165) is 6.42 Å². The van der Waals surface area contributed by atoms with E-state index in [-0.39, 0.29) is 0 Å². The van der Waals surface area contributed by atoms with Crippen LogP contribution < -0.4 is 5.73 Å². The summed E-state index contributed by atoms with van der Waals surface area (Å²) in [6.07, 6.45) is 4.76. The van der Waals surface area contributed by atoms with Crippen molar-refractivity contribution in [1.29, 1.82) is 5.26 Å². The van der Waals surface area contributed by atoms with Crippen LogP contribution in [0.4, 0.5) is 0 Å². The van der Waals surface area contributed by atoms with Crippen LogP contribution in [0.3, 0.4) is 0 Å². The minimum atomic E-state index is -0.521. The molecule has 9 heavy (non-hydrogen) atoms. The van der Waals surface area contributed by atoms with E-state index >= 15 is 0 Å². The molecule has 2 nitrogen and oxygen atoms in total. The second-order valence-corrected chi connectivity index (χ2v) is 2.49. The fourth-order valence-corrected chi connectivity index (χ4v) is 0.906. The van der Waals surface area contributed by atoms with E-state index < -0.39 is 5.54 Å². The molecular formula is C7H10N2. The fraction of sp³-hybridized carbons (Fsp3) is 0.571. The lowest BCUT2D eigenvalue weighted by Crippen LogP contribution is -2.21. The third-order valence-electron chi connectivity index (χ3n) is 1.69. The molecule has 0 radical (unpaired) electrons. The van der Waals surface area contributed by atoms with Crippen molar-refractivity contribution in [2.75, 3.05) is 0 Å². The summed E-state index contributed by atoms with van der Waals surface area (Å²) < 4.78 is 0. The molecule has 0 aromatic heterocycles. The van der Waals surface area contributed by atoms with Crippen molar-refractivity contribution in [3.63, 3.8) is 0 Å². The van der Waals surface area contributed by atoms with Crippen molar-refractivity contribution >= 4 is 0 Å². The third-order valence-corrected chi connectivity index (χ3v) is 1.69. The van der Waals surface area contributed by atoms with Gasteiger partial charge in [-0.3, -0.25) is 0 Å². The van der Waals surface area contributed by atoms with Gasteiger partial charge in [0.15, 0.2) is 0 Å².